The normalized spacial score (nSPS) is 10.2. The van der Waals surface area contributed by atoms with Gasteiger partial charge in [0.05, 0.1) is 13.5 Å². The van der Waals surface area contributed by atoms with E-state index in [4.69, 9.17) is 0 Å². The van der Waals surface area contributed by atoms with E-state index in [1.54, 1.807) is 0 Å². The van der Waals surface area contributed by atoms with E-state index >= 15 is 0 Å². The number of unbranched alkanes of at least 4 members (excludes halogenated alkanes) is 6. The van der Waals surface area contributed by atoms with Gasteiger partial charge in [-0.15, -0.1) is 0 Å². The van der Waals surface area contributed by atoms with Gasteiger partial charge >= 0.3 is 5.97 Å². The average molecular weight is 270 g/mol. The molecule has 0 N–H and O–H groups in total. The lowest BCUT2D eigenvalue weighted by atomic mass is 10.0. The number of hydrogen-bond donors (Lipinski definition) is 0. The molecule has 0 rings (SSSR count). The number of rotatable bonds is 12. The molecule has 0 radical (unpaired) electrons. The first kappa shape index (κ1) is 17.8. The third-order valence-corrected chi connectivity index (χ3v) is 3.02. The Hall–Kier alpha value is -1.19. The highest BCUT2D eigenvalue weighted by molar-refractivity contribution is 6.05. The Morgan fingerprint density at radius 3 is 1.95 bits per heavy atom. The molecule has 110 valence electrons. The molecule has 4 heteroatoms. The van der Waals surface area contributed by atoms with Crippen LogP contribution >= 0.6 is 0 Å². The molecule has 0 saturated carbocycles. The van der Waals surface area contributed by atoms with Crippen molar-refractivity contribution >= 4 is 17.5 Å². The van der Waals surface area contributed by atoms with Gasteiger partial charge < -0.3 is 4.74 Å². The summed E-state index contributed by atoms with van der Waals surface area (Å²) >= 11 is 0. The molecule has 0 unspecified atom stereocenters. The predicted octanol–water partition coefficient (Wildman–Crippen LogP) is 3.22. The summed E-state index contributed by atoms with van der Waals surface area (Å²) in [6, 6.07) is 0. The Balaban J connectivity index is 3.49. The van der Waals surface area contributed by atoms with E-state index in [1.165, 1.54) is 32.8 Å². The molecule has 19 heavy (non-hydrogen) atoms. The Morgan fingerprint density at radius 1 is 0.789 bits per heavy atom. The van der Waals surface area contributed by atoms with Gasteiger partial charge in [-0.1, -0.05) is 45.4 Å². The van der Waals surface area contributed by atoms with E-state index in [-0.39, 0.29) is 24.4 Å². The smallest absolute Gasteiger partial charge is 0.313 e. The minimum atomic E-state index is -0.575. The Bertz CT molecular complexity index is 284. The molecule has 0 fully saturated rings. The molecule has 0 aliphatic heterocycles. The van der Waals surface area contributed by atoms with E-state index in [9.17, 15) is 14.4 Å². The van der Waals surface area contributed by atoms with Crippen LogP contribution in [0.25, 0.3) is 0 Å². The predicted molar refractivity (Wildman–Crippen MR) is 73.9 cm³/mol. The highest BCUT2D eigenvalue weighted by Gasteiger charge is 2.13. The molecule has 0 aliphatic carbocycles. The van der Waals surface area contributed by atoms with Crippen molar-refractivity contribution in [1.29, 1.82) is 0 Å². The summed E-state index contributed by atoms with van der Waals surface area (Å²) in [4.78, 5) is 33.6. The van der Waals surface area contributed by atoms with E-state index in [0.29, 0.717) is 6.42 Å². The van der Waals surface area contributed by atoms with Gasteiger partial charge in [-0.25, -0.2) is 0 Å². The third kappa shape index (κ3) is 11.6. The van der Waals surface area contributed by atoms with Crippen LogP contribution in [0.5, 0.6) is 0 Å². The number of ether oxygens (including phenoxy) is 1. The molecule has 0 spiro atoms. The summed E-state index contributed by atoms with van der Waals surface area (Å²) in [6.45, 7) is 2.18. The number of methoxy groups -OCH3 is 1. The molecule has 0 aromatic carbocycles. The minimum Gasteiger partial charge on any atom is -0.469 e. The Labute approximate surface area is 115 Å². The number of carbonyl (C=O) groups excluding carboxylic acids is 3. The van der Waals surface area contributed by atoms with Gasteiger partial charge in [-0.2, -0.15) is 0 Å². The van der Waals surface area contributed by atoms with Crippen LogP contribution < -0.4 is 0 Å². The van der Waals surface area contributed by atoms with E-state index < -0.39 is 5.97 Å². The van der Waals surface area contributed by atoms with Gasteiger partial charge in [0.1, 0.15) is 12.2 Å². The summed E-state index contributed by atoms with van der Waals surface area (Å²) in [6.07, 6.45) is 8.07. The van der Waals surface area contributed by atoms with Gasteiger partial charge in [-0.05, 0) is 6.42 Å². The van der Waals surface area contributed by atoms with Gasteiger partial charge in [0.25, 0.3) is 0 Å². The number of esters is 1. The van der Waals surface area contributed by atoms with Crippen LogP contribution in [0.1, 0.15) is 71.1 Å². The summed E-state index contributed by atoms with van der Waals surface area (Å²) in [5.74, 6) is -0.990. The second kappa shape index (κ2) is 11.9. The lowest BCUT2D eigenvalue weighted by molar-refractivity contribution is -0.143. The van der Waals surface area contributed by atoms with Crippen molar-refractivity contribution < 1.29 is 19.1 Å². The molecule has 0 bridgehead atoms. The maximum Gasteiger partial charge on any atom is 0.313 e. The second-order valence-corrected chi connectivity index (χ2v) is 4.88. The number of carbonyl (C=O) groups is 3. The summed E-state index contributed by atoms with van der Waals surface area (Å²) in [5, 5.41) is 0. The molecule has 0 saturated heterocycles. The lowest BCUT2D eigenvalue weighted by Crippen LogP contribution is -2.13. The van der Waals surface area contributed by atoms with E-state index in [0.717, 1.165) is 19.3 Å². The topological polar surface area (TPSA) is 60.4 Å². The zero-order valence-corrected chi connectivity index (χ0v) is 12.2. The summed E-state index contributed by atoms with van der Waals surface area (Å²) < 4.78 is 4.38. The Kier molecular flexibility index (Phi) is 11.1. The number of ketones is 2. The highest BCUT2D eigenvalue weighted by atomic mass is 16.5. The van der Waals surface area contributed by atoms with Crippen molar-refractivity contribution in [3.8, 4) is 0 Å². The van der Waals surface area contributed by atoms with Crippen molar-refractivity contribution in [3.05, 3.63) is 0 Å². The SMILES string of the molecule is CCCCCCCCCC(=O)CC(=O)CC(=O)OC. The van der Waals surface area contributed by atoms with Crippen LogP contribution in [0.2, 0.25) is 0 Å². The lowest BCUT2D eigenvalue weighted by Gasteiger charge is -2.02. The quantitative estimate of drug-likeness (QED) is 0.310. The zero-order valence-electron chi connectivity index (χ0n) is 12.2. The molecule has 0 aliphatic rings. The van der Waals surface area contributed by atoms with Crippen molar-refractivity contribution in [2.75, 3.05) is 7.11 Å². The largest absolute Gasteiger partial charge is 0.469 e. The standard InChI is InChI=1S/C15H26O4/c1-3-4-5-6-7-8-9-10-13(16)11-14(17)12-15(18)19-2/h3-12H2,1-2H3. The van der Waals surface area contributed by atoms with Crippen LogP contribution in [0.3, 0.4) is 0 Å². The summed E-state index contributed by atoms with van der Waals surface area (Å²) in [5.41, 5.74) is 0. The Morgan fingerprint density at radius 2 is 1.37 bits per heavy atom. The average Bonchev–Trinajstić information content (AvgIpc) is 2.37. The van der Waals surface area contributed by atoms with E-state index in [1.807, 2.05) is 0 Å². The van der Waals surface area contributed by atoms with Crippen LogP contribution in [-0.2, 0) is 19.1 Å². The molecular weight excluding hydrogens is 244 g/mol. The first-order valence-electron chi connectivity index (χ1n) is 7.20. The fraction of sp³-hybridized carbons (Fsp3) is 0.800. The van der Waals surface area contributed by atoms with Crippen molar-refractivity contribution in [2.45, 2.75) is 71.1 Å². The number of hydrogen-bond acceptors (Lipinski definition) is 4. The fourth-order valence-electron chi connectivity index (χ4n) is 1.88. The van der Waals surface area contributed by atoms with Crippen LogP contribution in [0.15, 0.2) is 0 Å². The van der Waals surface area contributed by atoms with Crippen molar-refractivity contribution in [2.24, 2.45) is 0 Å². The first-order chi connectivity index (χ1) is 9.10. The zero-order chi connectivity index (χ0) is 14.5. The summed E-state index contributed by atoms with van der Waals surface area (Å²) in [7, 11) is 1.23. The molecule has 0 atom stereocenters. The van der Waals surface area contributed by atoms with Crippen LogP contribution in [0.4, 0.5) is 0 Å². The maximum absolute atomic E-state index is 11.5. The fourth-order valence-corrected chi connectivity index (χ4v) is 1.88. The maximum atomic E-state index is 11.5. The van der Waals surface area contributed by atoms with Crippen LogP contribution in [0, 0.1) is 0 Å². The molecule has 0 heterocycles. The third-order valence-electron chi connectivity index (χ3n) is 3.02. The molecule has 0 aromatic rings. The van der Waals surface area contributed by atoms with Gasteiger partial charge in [0, 0.05) is 6.42 Å². The molecular formula is C15H26O4. The van der Waals surface area contributed by atoms with E-state index in [2.05, 4.69) is 11.7 Å². The highest BCUT2D eigenvalue weighted by Crippen LogP contribution is 2.09. The monoisotopic (exact) mass is 270 g/mol. The number of Topliss-reactive ketones (excluding diaryl/α,β-unsaturated/α-hetero) is 2. The van der Waals surface area contributed by atoms with Gasteiger partial charge in [0.15, 0.2) is 5.78 Å². The second-order valence-electron chi connectivity index (χ2n) is 4.88. The van der Waals surface area contributed by atoms with Gasteiger partial charge in [0.2, 0.25) is 0 Å². The molecule has 0 amide bonds. The molecule has 4 nitrogen and oxygen atoms in total. The molecule has 0 aromatic heterocycles. The first-order valence-corrected chi connectivity index (χ1v) is 7.20. The van der Waals surface area contributed by atoms with Crippen molar-refractivity contribution in [3.63, 3.8) is 0 Å². The van der Waals surface area contributed by atoms with Gasteiger partial charge in [-0.3, -0.25) is 14.4 Å². The van der Waals surface area contributed by atoms with Crippen LogP contribution in [-0.4, -0.2) is 24.6 Å². The minimum absolute atomic E-state index is 0.0672. The van der Waals surface area contributed by atoms with Crippen molar-refractivity contribution in [1.82, 2.24) is 0 Å².